The molecule has 0 saturated heterocycles. The summed E-state index contributed by atoms with van der Waals surface area (Å²) in [5.41, 5.74) is 9.44. The molecule has 1 aliphatic rings. The Morgan fingerprint density at radius 3 is 2.76 bits per heavy atom. The lowest BCUT2D eigenvalue weighted by Crippen LogP contribution is -2.08. The third-order valence-electron chi connectivity index (χ3n) is 3.69. The predicted molar refractivity (Wildman–Crippen MR) is 74.1 cm³/mol. The highest BCUT2D eigenvalue weighted by Gasteiger charge is 2.21. The number of anilines is 1. The summed E-state index contributed by atoms with van der Waals surface area (Å²) in [5.74, 6) is 0.657. The molecule has 0 atom stereocenters. The number of aromatic nitrogens is 2. The number of halogens is 1. The van der Waals surface area contributed by atoms with Gasteiger partial charge in [-0.3, -0.25) is 0 Å². The summed E-state index contributed by atoms with van der Waals surface area (Å²) >= 11 is 3.59. The van der Waals surface area contributed by atoms with Crippen LogP contribution in [0.25, 0.3) is 11.0 Å². The molecule has 0 bridgehead atoms. The van der Waals surface area contributed by atoms with Crippen molar-refractivity contribution in [1.29, 1.82) is 0 Å². The van der Waals surface area contributed by atoms with E-state index in [4.69, 9.17) is 5.73 Å². The molecule has 0 aliphatic heterocycles. The molecular formula is C13H16BrN3. The van der Waals surface area contributed by atoms with E-state index >= 15 is 0 Å². The van der Waals surface area contributed by atoms with Gasteiger partial charge >= 0.3 is 0 Å². The van der Waals surface area contributed by atoms with Crippen molar-refractivity contribution in [3.8, 4) is 0 Å². The van der Waals surface area contributed by atoms with E-state index in [1.165, 1.54) is 31.2 Å². The number of rotatable bonds is 1. The second-order valence-corrected chi connectivity index (χ2v) is 5.72. The van der Waals surface area contributed by atoms with Crippen LogP contribution in [0.5, 0.6) is 0 Å². The number of hydrogen-bond acceptors (Lipinski definition) is 2. The van der Waals surface area contributed by atoms with Crippen LogP contribution in [0.1, 0.15) is 37.3 Å². The van der Waals surface area contributed by atoms with Crippen molar-refractivity contribution < 1.29 is 0 Å². The minimum absolute atomic E-state index is 0.537. The lowest BCUT2D eigenvalue weighted by molar-refractivity contribution is 0.539. The van der Waals surface area contributed by atoms with Gasteiger partial charge in [-0.1, -0.05) is 28.8 Å². The fraction of sp³-hybridized carbons (Fsp3) is 0.462. The van der Waals surface area contributed by atoms with E-state index in [9.17, 15) is 0 Å². The molecule has 1 fully saturated rings. The van der Waals surface area contributed by atoms with Gasteiger partial charge < -0.3 is 10.3 Å². The molecule has 17 heavy (non-hydrogen) atoms. The largest absolute Gasteiger partial charge is 0.369 e. The third kappa shape index (κ3) is 1.75. The van der Waals surface area contributed by atoms with Crippen LogP contribution in [0.15, 0.2) is 16.6 Å². The molecule has 1 aliphatic carbocycles. The van der Waals surface area contributed by atoms with Gasteiger partial charge in [0, 0.05) is 10.5 Å². The van der Waals surface area contributed by atoms with E-state index < -0.39 is 0 Å². The lowest BCUT2D eigenvalue weighted by atomic mass is 10.2. The van der Waals surface area contributed by atoms with Crippen LogP contribution in [-0.4, -0.2) is 9.55 Å². The number of imidazole rings is 1. The molecule has 1 saturated carbocycles. The molecule has 1 aromatic carbocycles. The predicted octanol–water partition coefficient (Wildman–Crippen LogP) is 3.80. The van der Waals surface area contributed by atoms with Crippen molar-refractivity contribution in [1.82, 2.24) is 9.55 Å². The molecule has 1 heterocycles. The molecule has 90 valence electrons. The minimum Gasteiger partial charge on any atom is -0.369 e. The summed E-state index contributed by atoms with van der Waals surface area (Å²) in [6, 6.07) is 4.78. The van der Waals surface area contributed by atoms with Crippen LogP contribution in [-0.2, 0) is 0 Å². The van der Waals surface area contributed by atoms with Crippen LogP contribution < -0.4 is 5.73 Å². The van der Waals surface area contributed by atoms with E-state index in [1.807, 2.05) is 0 Å². The molecule has 0 radical (unpaired) electrons. The molecule has 1 aromatic heterocycles. The van der Waals surface area contributed by atoms with Crippen LogP contribution in [0.2, 0.25) is 0 Å². The number of fused-ring (bicyclic) bond motifs is 1. The van der Waals surface area contributed by atoms with Crippen molar-refractivity contribution in [3.63, 3.8) is 0 Å². The Labute approximate surface area is 109 Å². The van der Waals surface area contributed by atoms with Gasteiger partial charge in [-0.05, 0) is 37.5 Å². The average Bonchev–Trinajstić information content (AvgIpc) is 2.86. The van der Waals surface area contributed by atoms with Crippen LogP contribution in [0, 0.1) is 6.92 Å². The zero-order valence-corrected chi connectivity index (χ0v) is 11.5. The Morgan fingerprint density at radius 2 is 2.06 bits per heavy atom. The Kier molecular flexibility index (Phi) is 2.62. The molecule has 2 aromatic rings. The molecule has 3 rings (SSSR count). The highest BCUT2D eigenvalue weighted by atomic mass is 79.9. The number of benzene rings is 1. The van der Waals surface area contributed by atoms with Gasteiger partial charge in [0.2, 0.25) is 5.95 Å². The summed E-state index contributed by atoms with van der Waals surface area (Å²) in [4.78, 5) is 4.48. The number of hydrogen-bond donors (Lipinski definition) is 1. The summed E-state index contributed by atoms with van der Waals surface area (Å²) in [6.45, 7) is 2.08. The Bertz CT molecular complexity index is 568. The van der Waals surface area contributed by atoms with E-state index in [0.29, 0.717) is 12.0 Å². The maximum absolute atomic E-state index is 6.07. The second kappa shape index (κ2) is 4.02. The van der Waals surface area contributed by atoms with E-state index in [2.05, 4.69) is 44.5 Å². The van der Waals surface area contributed by atoms with Gasteiger partial charge in [0.15, 0.2) is 0 Å². The number of nitrogens with zero attached hydrogens (tertiary/aromatic N) is 2. The van der Waals surface area contributed by atoms with Crippen molar-refractivity contribution >= 4 is 32.9 Å². The molecule has 0 spiro atoms. The molecule has 4 heteroatoms. The second-order valence-electron chi connectivity index (χ2n) is 4.87. The van der Waals surface area contributed by atoms with Crippen molar-refractivity contribution in [2.24, 2.45) is 0 Å². The fourth-order valence-electron chi connectivity index (χ4n) is 2.79. The maximum Gasteiger partial charge on any atom is 0.201 e. The summed E-state index contributed by atoms with van der Waals surface area (Å²) < 4.78 is 3.34. The third-order valence-corrected chi connectivity index (χ3v) is 4.54. The summed E-state index contributed by atoms with van der Waals surface area (Å²) in [5, 5.41) is 0. The van der Waals surface area contributed by atoms with Crippen molar-refractivity contribution in [2.75, 3.05) is 5.73 Å². The van der Waals surface area contributed by atoms with Gasteiger partial charge in [-0.15, -0.1) is 0 Å². The van der Waals surface area contributed by atoms with Crippen LogP contribution in [0.3, 0.4) is 0 Å². The van der Waals surface area contributed by atoms with Gasteiger partial charge in [-0.25, -0.2) is 4.98 Å². The molecule has 2 N–H and O–H groups in total. The first-order chi connectivity index (χ1) is 8.16. The number of nitrogen functional groups attached to an aromatic ring is 1. The average molecular weight is 294 g/mol. The maximum atomic E-state index is 6.07. The first-order valence-corrected chi connectivity index (χ1v) is 6.89. The molecular weight excluding hydrogens is 278 g/mol. The normalized spacial score (nSPS) is 17.1. The van der Waals surface area contributed by atoms with Crippen molar-refractivity contribution in [2.45, 2.75) is 38.6 Å². The first-order valence-electron chi connectivity index (χ1n) is 6.10. The minimum atomic E-state index is 0.537. The number of nitrogens with two attached hydrogens (primary N) is 1. The monoisotopic (exact) mass is 293 g/mol. The topological polar surface area (TPSA) is 43.8 Å². The van der Waals surface area contributed by atoms with Gasteiger partial charge in [0.1, 0.15) is 0 Å². The molecule has 3 nitrogen and oxygen atoms in total. The molecule has 0 unspecified atom stereocenters. The summed E-state index contributed by atoms with van der Waals surface area (Å²) in [7, 11) is 0. The van der Waals surface area contributed by atoms with E-state index in [0.717, 1.165) is 15.5 Å². The van der Waals surface area contributed by atoms with E-state index in [1.54, 1.807) is 0 Å². The Morgan fingerprint density at radius 1 is 1.35 bits per heavy atom. The van der Waals surface area contributed by atoms with Gasteiger partial charge in [-0.2, -0.15) is 0 Å². The van der Waals surface area contributed by atoms with E-state index in [-0.39, 0.29) is 0 Å². The summed E-state index contributed by atoms with van der Waals surface area (Å²) in [6.07, 6.45) is 5.05. The molecule has 0 amide bonds. The smallest absolute Gasteiger partial charge is 0.201 e. The van der Waals surface area contributed by atoms with Crippen LogP contribution in [0.4, 0.5) is 5.95 Å². The zero-order chi connectivity index (χ0) is 12.0. The van der Waals surface area contributed by atoms with Crippen molar-refractivity contribution in [3.05, 3.63) is 22.2 Å². The fourth-order valence-corrected chi connectivity index (χ4v) is 3.12. The number of aryl methyl sites for hydroxylation is 1. The highest BCUT2D eigenvalue weighted by Crippen LogP contribution is 2.35. The standard InChI is InChI=1S/C13H16BrN3/c1-8-6-11-12(7-10(8)14)17(13(15)16-11)9-4-2-3-5-9/h6-7,9H,2-5H2,1H3,(H2,15,16). The quantitative estimate of drug-likeness (QED) is 0.869. The Hall–Kier alpha value is -1.03. The zero-order valence-electron chi connectivity index (χ0n) is 9.91. The highest BCUT2D eigenvalue weighted by molar-refractivity contribution is 9.10. The SMILES string of the molecule is Cc1cc2nc(N)n(C3CCCC3)c2cc1Br. The first kappa shape index (κ1) is 11.1. The lowest BCUT2D eigenvalue weighted by Gasteiger charge is -2.14. The van der Waals surface area contributed by atoms with Gasteiger partial charge in [0.05, 0.1) is 11.0 Å². The Balaban J connectivity index is 2.22. The van der Waals surface area contributed by atoms with Crippen LogP contribution >= 0.6 is 15.9 Å². The van der Waals surface area contributed by atoms with Gasteiger partial charge in [0.25, 0.3) is 0 Å².